The molecule has 12 nitrogen and oxygen atoms in total. The van der Waals surface area contributed by atoms with Crippen molar-refractivity contribution in [3.63, 3.8) is 0 Å². The molecule has 43 heavy (non-hydrogen) atoms. The number of benzene rings is 2. The number of carboxylic acid groups (broad SMARTS) is 1. The summed E-state index contributed by atoms with van der Waals surface area (Å²) in [4.78, 5) is 38.8. The summed E-state index contributed by atoms with van der Waals surface area (Å²) < 4.78 is 11.5. The smallest absolute Gasteiger partial charge is 0.335 e. The van der Waals surface area contributed by atoms with E-state index in [0.29, 0.717) is 62.8 Å². The highest BCUT2D eigenvalue weighted by atomic mass is 32.2. The third-order valence-corrected chi connectivity index (χ3v) is 9.01. The van der Waals surface area contributed by atoms with Gasteiger partial charge in [0.15, 0.2) is 10.1 Å². The minimum atomic E-state index is -1.09. The molecule has 1 atom stereocenters. The second-order valence-corrected chi connectivity index (χ2v) is 11.7. The zero-order valence-electron chi connectivity index (χ0n) is 23.1. The molecule has 1 aliphatic carbocycles. The molecule has 0 saturated carbocycles. The Hall–Kier alpha value is -4.87. The largest absolute Gasteiger partial charge is 0.497 e. The Morgan fingerprint density at radius 1 is 1.21 bits per heavy atom. The van der Waals surface area contributed by atoms with Crippen molar-refractivity contribution in [2.45, 2.75) is 29.5 Å². The van der Waals surface area contributed by atoms with Crippen LogP contribution < -0.4 is 25.4 Å². The normalized spacial score (nSPS) is 16.4. The Bertz CT molecular complexity index is 1730. The third-order valence-electron chi connectivity index (χ3n) is 6.97. The summed E-state index contributed by atoms with van der Waals surface area (Å²) in [6, 6.07) is 13.4. The first-order valence-corrected chi connectivity index (χ1v) is 14.8. The summed E-state index contributed by atoms with van der Waals surface area (Å²) in [7, 11) is 3.05. The molecule has 1 aromatic heterocycles. The lowest BCUT2D eigenvalue weighted by Crippen LogP contribution is -2.38. The number of nitrogens with zero attached hydrogens (tertiary/aromatic N) is 4. The number of rotatable bonds is 9. The molecule has 2 aromatic carbocycles. The maximum atomic E-state index is 13.5. The number of carboxylic acids is 1. The van der Waals surface area contributed by atoms with Crippen molar-refractivity contribution in [3.8, 4) is 17.6 Å². The van der Waals surface area contributed by atoms with Gasteiger partial charge in [-0.05, 0) is 49.2 Å². The Morgan fingerprint density at radius 2 is 2.02 bits per heavy atom. The molecule has 1 aliphatic heterocycles. The van der Waals surface area contributed by atoms with Crippen LogP contribution in [0.5, 0.6) is 11.5 Å². The topological polar surface area (TPSA) is 181 Å². The van der Waals surface area contributed by atoms with E-state index in [4.69, 9.17) is 20.3 Å². The number of hydrogen-bond acceptors (Lipinski definition) is 12. The summed E-state index contributed by atoms with van der Waals surface area (Å²) in [5, 5.41) is 31.0. The van der Waals surface area contributed by atoms with E-state index in [0.717, 1.165) is 11.8 Å². The number of carbonyl (C=O) groups excluding carboxylic acids is 2. The van der Waals surface area contributed by atoms with Crippen molar-refractivity contribution < 1.29 is 29.0 Å². The van der Waals surface area contributed by atoms with Crippen LogP contribution in [-0.2, 0) is 9.59 Å². The van der Waals surface area contributed by atoms with E-state index >= 15 is 0 Å². The number of methoxy groups -OCH3 is 2. The number of aromatic carboxylic acids is 1. The molecule has 14 heteroatoms. The van der Waals surface area contributed by atoms with Gasteiger partial charge < -0.3 is 25.6 Å². The number of ether oxygens (including phenoxy) is 2. The molecule has 2 heterocycles. The number of nitriles is 1. The molecule has 2 aliphatic rings. The summed E-state index contributed by atoms with van der Waals surface area (Å²) in [5.41, 5.74) is 8.94. The molecule has 0 fully saturated rings. The third kappa shape index (κ3) is 5.90. The number of anilines is 2. The highest BCUT2D eigenvalue weighted by Gasteiger charge is 2.42. The maximum Gasteiger partial charge on any atom is 0.335 e. The number of allylic oxidation sites excluding steroid dienone is 3. The van der Waals surface area contributed by atoms with Crippen molar-refractivity contribution in [3.05, 3.63) is 76.3 Å². The van der Waals surface area contributed by atoms with Gasteiger partial charge in [0.05, 0.1) is 43.1 Å². The molecule has 4 N–H and O–H groups in total. The van der Waals surface area contributed by atoms with E-state index in [-0.39, 0.29) is 34.4 Å². The van der Waals surface area contributed by atoms with Gasteiger partial charge in [-0.3, -0.25) is 14.5 Å². The fourth-order valence-corrected chi connectivity index (χ4v) is 6.77. The lowest BCUT2D eigenvalue weighted by Gasteiger charge is -2.38. The zero-order chi connectivity index (χ0) is 30.7. The van der Waals surface area contributed by atoms with Gasteiger partial charge in [-0.15, -0.1) is 10.2 Å². The van der Waals surface area contributed by atoms with Gasteiger partial charge in [0.25, 0.3) is 0 Å². The number of hydrogen-bond donors (Lipinski definition) is 3. The molecule has 0 spiro atoms. The van der Waals surface area contributed by atoms with Crippen LogP contribution in [0.25, 0.3) is 0 Å². The average Bonchev–Trinajstić information content (AvgIpc) is 3.47. The Kier molecular flexibility index (Phi) is 8.65. The molecular formula is C29H26N6O6S2. The van der Waals surface area contributed by atoms with Crippen LogP contribution in [0.2, 0.25) is 0 Å². The number of thioether (sulfide) groups is 1. The first kappa shape index (κ1) is 29.6. The maximum absolute atomic E-state index is 13.5. The summed E-state index contributed by atoms with van der Waals surface area (Å²) in [6.07, 6.45) is 1.47. The molecule has 0 bridgehead atoms. The molecular weight excluding hydrogens is 592 g/mol. The minimum Gasteiger partial charge on any atom is -0.497 e. The lowest BCUT2D eigenvalue weighted by molar-refractivity contribution is -0.116. The molecule has 1 unspecified atom stereocenters. The standard InChI is InChI=1S/C29H26N6O6S2/c1-40-17-9-10-22(41-2)18(12-17)24-19(13-30)26(31)35(20-7-4-8-21(36)25(20)24)28-33-34-29(43-28)42-14-23(37)32-16-6-3-5-15(11-16)27(38)39/h3,5-6,9-12,24H,4,7-8,14,31H2,1-2H3,(H,32,37)(H,38,39). The summed E-state index contributed by atoms with van der Waals surface area (Å²) in [5.74, 6) is -1.13. The van der Waals surface area contributed by atoms with Crippen LogP contribution in [0, 0.1) is 11.3 Å². The molecule has 220 valence electrons. The van der Waals surface area contributed by atoms with E-state index in [9.17, 15) is 19.6 Å². The van der Waals surface area contributed by atoms with Crippen molar-refractivity contribution in [2.24, 2.45) is 5.73 Å². The average molecular weight is 619 g/mol. The number of amides is 1. The predicted molar refractivity (Wildman–Crippen MR) is 160 cm³/mol. The van der Waals surface area contributed by atoms with Crippen molar-refractivity contribution in [1.29, 1.82) is 5.26 Å². The van der Waals surface area contributed by atoms with Crippen LogP contribution in [0.3, 0.4) is 0 Å². The monoisotopic (exact) mass is 618 g/mol. The van der Waals surface area contributed by atoms with E-state index in [1.165, 1.54) is 37.7 Å². The molecule has 0 radical (unpaired) electrons. The van der Waals surface area contributed by atoms with Gasteiger partial charge in [-0.25, -0.2) is 4.79 Å². The highest BCUT2D eigenvalue weighted by molar-refractivity contribution is 8.01. The van der Waals surface area contributed by atoms with E-state index in [1.54, 1.807) is 35.2 Å². The van der Waals surface area contributed by atoms with Gasteiger partial charge in [0.2, 0.25) is 11.0 Å². The second-order valence-electron chi connectivity index (χ2n) is 9.50. The van der Waals surface area contributed by atoms with Crippen molar-refractivity contribution in [1.82, 2.24) is 10.2 Å². The number of ketones is 1. The SMILES string of the molecule is COc1ccc(OC)c(C2C(C#N)=C(N)N(c3nnc(SCC(=O)Nc4cccc(C(=O)O)c4)s3)C3=C2C(=O)CCC3)c1. The van der Waals surface area contributed by atoms with Crippen LogP contribution in [-0.4, -0.2) is 52.9 Å². The van der Waals surface area contributed by atoms with Gasteiger partial charge >= 0.3 is 5.97 Å². The van der Waals surface area contributed by atoms with Gasteiger partial charge in [-0.2, -0.15) is 5.26 Å². The molecule has 0 saturated heterocycles. The van der Waals surface area contributed by atoms with Gasteiger partial charge in [-0.1, -0.05) is 29.2 Å². The van der Waals surface area contributed by atoms with E-state index < -0.39 is 11.9 Å². The lowest BCUT2D eigenvalue weighted by atomic mass is 9.75. The second kappa shape index (κ2) is 12.6. The van der Waals surface area contributed by atoms with Crippen molar-refractivity contribution in [2.75, 3.05) is 30.2 Å². The number of nitrogens with two attached hydrogens (primary N) is 1. The number of carbonyl (C=O) groups is 3. The van der Waals surface area contributed by atoms with Crippen LogP contribution in [0.1, 0.15) is 41.1 Å². The van der Waals surface area contributed by atoms with E-state index in [2.05, 4.69) is 21.6 Å². The van der Waals surface area contributed by atoms with Crippen LogP contribution in [0.4, 0.5) is 10.8 Å². The van der Waals surface area contributed by atoms with Crippen LogP contribution in [0.15, 0.2) is 69.5 Å². The molecule has 3 aromatic rings. The first-order valence-electron chi connectivity index (χ1n) is 13.0. The van der Waals surface area contributed by atoms with Gasteiger partial charge in [0, 0.05) is 28.9 Å². The Balaban J connectivity index is 1.43. The van der Waals surface area contributed by atoms with Gasteiger partial charge in [0.1, 0.15) is 17.3 Å². The quantitative estimate of drug-likeness (QED) is 0.290. The number of aromatic nitrogens is 2. The highest BCUT2D eigenvalue weighted by Crippen LogP contribution is 2.49. The number of nitrogens with one attached hydrogen (secondary N) is 1. The predicted octanol–water partition coefficient (Wildman–Crippen LogP) is 4.29. The fraction of sp³-hybridized carbons (Fsp3) is 0.241. The number of Topliss-reactive ketones (excluding diaryl/α,β-unsaturated/α-hetero) is 1. The summed E-state index contributed by atoms with van der Waals surface area (Å²) >= 11 is 2.32. The zero-order valence-corrected chi connectivity index (χ0v) is 24.8. The van der Waals surface area contributed by atoms with Crippen molar-refractivity contribution >= 4 is 51.6 Å². The molecule has 1 amide bonds. The van der Waals surface area contributed by atoms with E-state index in [1.807, 2.05) is 0 Å². The Morgan fingerprint density at radius 3 is 2.74 bits per heavy atom. The Labute approximate surface area is 254 Å². The minimum absolute atomic E-state index is 0.00909. The molecule has 5 rings (SSSR count). The fourth-order valence-electron chi connectivity index (χ4n) is 5.09. The summed E-state index contributed by atoms with van der Waals surface area (Å²) in [6.45, 7) is 0. The van der Waals surface area contributed by atoms with Crippen LogP contribution >= 0.6 is 23.1 Å². The first-order chi connectivity index (χ1) is 20.7.